The lowest BCUT2D eigenvalue weighted by Gasteiger charge is -2.49. The first-order valence-corrected chi connectivity index (χ1v) is 12.5. The highest BCUT2D eigenvalue weighted by atomic mass is 32.2. The van der Waals surface area contributed by atoms with Crippen LogP contribution in [0.15, 0.2) is 32.5 Å². The van der Waals surface area contributed by atoms with E-state index in [9.17, 15) is 19.5 Å². The molecule has 2 aromatic heterocycles. The average molecular weight is 521 g/mol. The van der Waals surface area contributed by atoms with Crippen LogP contribution in [0.25, 0.3) is 0 Å². The number of hydrogen-bond donors (Lipinski definition) is 2. The fraction of sp³-hybridized carbons (Fsp3) is 0.333. The van der Waals surface area contributed by atoms with E-state index >= 15 is 0 Å². The zero-order chi connectivity index (χ0) is 24.2. The molecule has 1 fully saturated rings. The van der Waals surface area contributed by atoms with Crippen LogP contribution < -0.4 is 5.32 Å². The number of amides is 2. The maximum Gasteiger partial charge on any atom is 0.352 e. The number of aliphatic carboxylic acids is 1. The summed E-state index contributed by atoms with van der Waals surface area (Å²) in [5.74, 6) is 0.630. The molecule has 1 saturated heterocycles. The lowest BCUT2D eigenvalue weighted by molar-refractivity contribution is -0.150. The van der Waals surface area contributed by atoms with Crippen molar-refractivity contribution in [1.29, 1.82) is 0 Å². The van der Waals surface area contributed by atoms with Gasteiger partial charge < -0.3 is 15.3 Å². The summed E-state index contributed by atoms with van der Waals surface area (Å²) >= 11 is 3.85. The quantitative estimate of drug-likeness (QED) is 0.146. The number of tetrazole rings is 1. The third-order valence-corrected chi connectivity index (χ3v) is 7.69. The van der Waals surface area contributed by atoms with Gasteiger partial charge in [0.2, 0.25) is 5.16 Å². The zero-order valence-electron chi connectivity index (χ0n) is 17.4. The van der Waals surface area contributed by atoms with Crippen LogP contribution in [-0.2, 0) is 25.8 Å². The number of carbonyl (C=O) groups excluding carboxylic acids is 2. The van der Waals surface area contributed by atoms with Crippen molar-refractivity contribution in [1.82, 2.24) is 35.4 Å². The van der Waals surface area contributed by atoms with E-state index < -0.39 is 29.2 Å². The van der Waals surface area contributed by atoms with Crippen molar-refractivity contribution >= 4 is 58.4 Å². The number of nitrogens with one attached hydrogen (secondary N) is 1. The number of β-lactam (4-membered cyclic amide) rings is 1. The van der Waals surface area contributed by atoms with Gasteiger partial charge >= 0.3 is 5.97 Å². The Morgan fingerprint density at radius 2 is 2.32 bits per heavy atom. The van der Waals surface area contributed by atoms with Crippen LogP contribution in [0.1, 0.15) is 5.69 Å². The summed E-state index contributed by atoms with van der Waals surface area (Å²) in [5, 5.41) is 28.9. The smallest absolute Gasteiger partial charge is 0.352 e. The number of aromatic nitrogens is 5. The molecule has 2 aliphatic rings. The number of carbonyl (C=O) groups is 3. The van der Waals surface area contributed by atoms with Gasteiger partial charge in [-0.05, 0) is 16.0 Å². The van der Waals surface area contributed by atoms with Gasteiger partial charge in [-0.15, -0.1) is 34.6 Å². The van der Waals surface area contributed by atoms with Crippen molar-refractivity contribution < 1.29 is 24.3 Å². The predicted octanol–water partition coefficient (Wildman–Crippen LogP) is -0.356. The van der Waals surface area contributed by atoms with Gasteiger partial charge in [-0.2, -0.15) is 0 Å². The molecular weight excluding hydrogens is 504 g/mol. The molecule has 176 valence electrons. The molecule has 4 heterocycles. The average Bonchev–Trinajstić information content (AvgIpc) is 3.51. The Balaban J connectivity index is 1.48. The summed E-state index contributed by atoms with van der Waals surface area (Å²) < 4.78 is 1.42. The first-order valence-electron chi connectivity index (χ1n) is 9.49. The van der Waals surface area contributed by atoms with Gasteiger partial charge in [-0.25, -0.2) is 14.5 Å². The Bertz CT molecular complexity index is 1220. The largest absolute Gasteiger partial charge is 0.477 e. The van der Waals surface area contributed by atoms with Crippen LogP contribution in [0.4, 0.5) is 0 Å². The van der Waals surface area contributed by atoms with Gasteiger partial charge in [0, 0.05) is 16.9 Å². The molecule has 2 aliphatic heterocycles. The maximum atomic E-state index is 12.9. The number of nitrogens with zero attached hydrogens (tertiary/aromatic N) is 7. The number of carboxylic acids is 1. The number of thiazole rings is 1. The van der Waals surface area contributed by atoms with E-state index in [1.54, 1.807) is 5.38 Å². The van der Waals surface area contributed by atoms with Crippen molar-refractivity contribution in [2.45, 2.75) is 23.1 Å². The molecule has 0 saturated carbocycles. The minimum atomic E-state index is -1.23. The summed E-state index contributed by atoms with van der Waals surface area (Å²) in [6.07, 6.45) is 5.30. The molecule has 0 aliphatic carbocycles. The van der Waals surface area contributed by atoms with E-state index in [4.69, 9.17) is 11.3 Å². The zero-order valence-corrected chi connectivity index (χ0v) is 19.9. The van der Waals surface area contributed by atoms with Crippen LogP contribution in [0.3, 0.4) is 0 Å². The summed E-state index contributed by atoms with van der Waals surface area (Å²) in [5.41, 5.74) is 2.20. The highest BCUT2D eigenvalue weighted by Crippen LogP contribution is 2.41. The number of rotatable bonds is 9. The minimum absolute atomic E-state index is 0.0772. The molecule has 4 rings (SSSR count). The molecular formula is C18H16N8O5S3. The Hall–Kier alpha value is -3.42. The number of hydrogen-bond acceptors (Lipinski definition) is 12. The predicted molar refractivity (Wildman–Crippen MR) is 123 cm³/mol. The number of fused-ring (bicyclic) bond motifs is 1. The third kappa shape index (κ3) is 4.49. The van der Waals surface area contributed by atoms with Gasteiger partial charge in [-0.1, -0.05) is 22.8 Å². The lowest BCUT2D eigenvalue weighted by Crippen LogP contribution is -2.71. The monoisotopic (exact) mass is 520 g/mol. The van der Waals surface area contributed by atoms with Crippen LogP contribution in [0.5, 0.6) is 0 Å². The van der Waals surface area contributed by atoms with Crippen LogP contribution >= 0.6 is 34.9 Å². The first kappa shape index (κ1) is 23.7. The molecule has 0 aromatic carbocycles. The molecule has 2 atom stereocenters. The van der Waals surface area contributed by atoms with E-state index in [0.29, 0.717) is 22.2 Å². The molecule has 2 N–H and O–H groups in total. The normalized spacial score (nSPS) is 19.8. The van der Waals surface area contributed by atoms with Crippen LogP contribution in [-0.4, -0.2) is 88.7 Å². The van der Waals surface area contributed by atoms with Gasteiger partial charge in [0.15, 0.2) is 5.71 Å². The molecule has 0 bridgehead atoms. The highest BCUT2D eigenvalue weighted by molar-refractivity contribution is 8.01. The summed E-state index contributed by atoms with van der Waals surface area (Å²) in [6, 6.07) is -0.912. The second-order valence-electron chi connectivity index (χ2n) is 6.73. The molecule has 13 nitrogen and oxygen atoms in total. The molecule has 2 aromatic rings. The Kier molecular flexibility index (Phi) is 7.14. The van der Waals surface area contributed by atoms with Crippen molar-refractivity contribution in [2.24, 2.45) is 5.16 Å². The second-order valence-corrected chi connectivity index (χ2v) is 9.49. The third-order valence-electron chi connectivity index (χ3n) is 4.72. The van der Waals surface area contributed by atoms with E-state index in [1.165, 1.54) is 57.1 Å². The fourth-order valence-electron chi connectivity index (χ4n) is 3.27. The Morgan fingerprint density at radius 3 is 3.00 bits per heavy atom. The second kappa shape index (κ2) is 10.2. The molecule has 16 heteroatoms. The van der Waals surface area contributed by atoms with E-state index in [1.807, 2.05) is 0 Å². The van der Waals surface area contributed by atoms with Crippen LogP contribution in [0, 0.1) is 12.3 Å². The number of thioether (sulfide) groups is 2. The summed E-state index contributed by atoms with van der Waals surface area (Å²) in [7, 11) is 1.29. The molecule has 1 unspecified atom stereocenters. The Morgan fingerprint density at radius 1 is 1.50 bits per heavy atom. The standard InChI is InChI=1S/C18H16N8O5S3/c1-3-4-25-18(21-23-24-25)34-6-9-5-33-16-12(15(28)26(16)13(9)17(29)30)20-14(27)11(22-31-2)10-7-32-8-19-10/h1,7-8,12,16H,4-6H2,2H3,(H,20,27)(H,29,30)/b22-11+/t12?,16-/m1/s1. The van der Waals surface area contributed by atoms with Gasteiger partial charge in [0.25, 0.3) is 11.8 Å². The highest BCUT2D eigenvalue weighted by Gasteiger charge is 2.54. The summed E-state index contributed by atoms with van der Waals surface area (Å²) in [6.45, 7) is 0.179. The minimum Gasteiger partial charge on any atom is -0.477 e. The first-order chi connectivity index (χ1) is 16.5. The fourth-order valence-corrected chi connectivity index (χ4v) is 6.16. The SMILES string of the molecule is C#CCn1nnnc1SCC1=C(C(=O)O)N2C(=O)C(NC(=O)/C(=N/OC)c3cscn3)[C@H]2SC1. The van der Waals surface area contributed by atoms with E-state index in [2.05, 4.69) is 36.9 Å². The lowest BCUT2D eigenvalue weighted by atomic mass is 10.0. The Labute approximate surface area is 205 Å². The molecule has 0 spiro atoms. The number of oxime groups is 1. The van der Waals surface area contributed by atoms with Gasteiger partial charge in [-0.3, -0.25) is 14.5 Å². The maximum absolute atomic E-state index is 12.9. The molecule has 34 heavy (non-hydrogen) atoms. The number of carboxylic acid groups (broad SMARTS) is 1. The van der Waals surface area contributed by atoms with Crippen molar-refractivity contribution in [3.8, 4) is 12.3 Å². The van der Waals surface area contributed by atoms with Crippen molar-refractivity contribution in [3.63, 3.8) is 0 Å². The van der Waals surface area contributed by atoms with Crippen molar-refractivity contribution in [2.75, 3.05) is 18.6 Å². The van der Waals surface area contributed by atoms with Gasteiger partial charge in [0.05, 0.1) is 5.51 Å². The van der Waals surface area contributed by atoms with E-state index in [0.717, 1.165) is 0 Å². The van der Waals surface area contributed by atoms with Crippen LogP contribution in [0.2, 0.25) is 0 Å². The topological polar surface area (TPSA) is 165 Å². The molecule has 0 radical (unpaired) electrons. The number of terminal acetylenes is 1. The van der Waals surface area contributed by atoms with Gasteiger partial charge in [0.1, 0.15) is 36.5 Å². The molecule has 2 amide bonds. The van der Waals surface area contributed by atoms with Crippen molar-refractivity contribution in [3.05, 3.63) is 27.9 Å². The van der Waals surface area contributed by atoms with E-state index in [-0.39, 0.29) is 23.7 Å². The summed E-state index contributed by atoms with van der Waals surface area (Å²) in [4.78, 5) is 47.6.